The van der Waals surface area contributed by atoms with Crippen LogP contribution in [0.1, 0.15) is 17.5 Å². The van der Waals surface area contributed by atoms with Crippen molar-refractivity contribution >= 4 is 45.0 Å². The smallest absolute Gasteiger partial charge is 0.270 e. The molecule has 9 nitrogen and oxygen atoms in total. The zero-order chi connectivity index (χ0) is 23.2. The molecule has 33 heavy (non-hydrogen) atoms. The largest absolute Gasteiger partial charge is 0.507 e. The van der Waals surface area contributed by atoms with E-state index in [0.717, 1.165) is 16.0 Å². The van der Waals surface area contributed by atoms with Crippen LogP contribution in [0.2, 0.25) is 0 Å². The number of aromatic nitrogens is 1. The molecule has 10 heteroatoms. The topological polar surface area (TPSA) is 122 Å². The number of phenolic OH excluding ortho intramolecular Hbond substituents is 1. The highest BCUT2D eigenvalue weighted by Gasteiger charge is 2.12. The number of thiazole rings is 1. The first-order valence-electron chi connectivity index (χ1n) is 9.97. The van der Waals surface area contributed by atoms with Crippen LogP contribution < -0.4 is 10.2 Å². The second-order valence-corrected chi connectivity index (χ2v) is 7.77. The molecule has 166 valence electrons. The summed E-state index contributed by atoms with van der Waals surface area (Å²) in [5.41, 5.74) is 4.40. The molecular weight excluding hydrogens is 442 g/mol. The predicted octanol–water partition coefficient (Wildman–Crippen LogP) is 5.01. The van der Waals surface area contributed by atoms with Crippen LogP contribution in [0.5, 0.6) is 11.5 Å². The number of aliphatic imine (C=N–C) groups is 1. The number of nitro groups is 1. The van der Waals surface area contributed by atoms with Gasteiger partial charge in [0.05, 0.1) is 33.6 Å². The summed E-state index contributed by atoms with van der Waals surface area (Å²) in [6.07, 6.45) is 1.30. The van der Waals surface area contributed by atoms with Crippen molar-refractivity contribution in [2.75, 3.05) is 6.61 Å². The van der Waals surface area contributed by atoms with Crippen LogP contribution in [0, 0.1) is 10.1 Å². The van der Waals surface area contributed by atoms with Gasteiger partial charge in [0.1, 0.15) is 11.5 Å². The Morgan fingerprint density at radius 1 is 1.21 bits per heavy atom. The van der Waals surface area contributed by atoms with Gasteiger partial charge in [-0.05, 0) is 49.4 Å². The van der Waals surface area contributed by atoms with Gasteiger partial charge in [0.25, 0.3) is 5.69 Å². The Morgan fingerprint density at radius 2 is 2.00 bits per heavy atom. The van der Waals surface area contributed by atoms with E-state index in [0.29, 0.717) is 23.1 Å². The van der Waals surface area contributed by atoms with Gasteiger partial charge in [-0.1, -0.05) is 12.1 Å². The summed E-state index contributed by atoms with van der Waals surface area (Å²) in [7, 11) is 0. The number of nitrogens with one attached hydrogen (secondary N) is 1. The number of non-ortho nitro benzene ring substituents is 1. The fourth-order valence-corrected chi connectivity index (χ4v) is 3.83. The minimum Gasteiger partial charge on any atom is -0.507 e. The lowest BCUT2D eigenvalue weighted by Gasteiger charge is -2.05. The molecule has 3 aromatic carbocycles. The summed E-state index contributed by atoms with van der Waals surface area (Å²) in [6, 6.07) is 18.7. The summed E-state index contributed by atoms with van der Waals surface area (Å²) >= 11 is 1.45. The molecule has 0 saturated heterocycles. The summed E-state index contributed by atoms with van der Waals surface area (Å²) < 4.78 is 6.47. The Kier molecular flexibility index (Phi) is 6.56. The maximum absolute atomic E-state index is 11.0. The number of hydrogen-bond acceptors (Lipinski definition) is 8. The average molecular weight is 462 g/mol. The third kappa shape index (κ3) is 5.31. The molecule has 2 N–H and O–H groups in total. The van der Waals surface area contributed by atoms with Gasteiger partial charge in [0.15, 0.2) is 10.8 Å². The number of benzene rings is 3. The van der Waals surface area contributed by atoms with Gasteiger partial charge in [-0.3, -0.25) is 15.5 Å². The number of hydrazone groups is 1. The fourth-order valence-electron chi connectivity index (χ4n) is 2.93. The number of para-hydroxylation sites is 1. The van der Waals surface area contributed by atoms with E-state index in [-0.39, 0.29) is 17.0 Å². The summed E-state index contributed by atoms with van der Waals surface area (Å²) in [6.45, 7) is 2.48. The van der Waals surface area contributed by atoms with Crippen molar-refractivity contribution in [1.29, 1.82) is 0 Å². The molecule has 1 heterocycles. The number of nitro benzene ring substituents is 1. The highest BCUT2D eigenvalue weighted by molar-refractivity contribution is 7.20. The number of fused-ring (bicyclic) bond motifs is 1. The molecule has 0 fully saturated rings. The monoisotopic (exact) mass is 461 g/mol. The van der Waals surface area contributed by atoms with E-state index in [9.17, 15) is 15.2 Å². The van der Waals surface area contributed by atoms with Crippen LogP contribution in [-0.2, 0) is 0 Å². The standard InChI is InChI=1S/C23H19N5O4S/c1-2-32-18-10-7-16(8-11-18)25-22(23-26-19-5-3-4-6-21(19)33-23)27-24-14-15-13-17(28(30)31)9-12-20(15)29/h3-14,29H,2H2,1H3,(H,25,27). The Bertz CT molecular complexity index is 1320. The van der Waals surface area contributed by atoms with Gasteiger partial charge < -0.3 is 9.84 Å². The number of phenols is 1. The van der Waals surface area contributed by atoms with Gasteiger partial charge in [-0.15, -0.1) is 11.3 Å². The molecule has 1 aromatic heterocycles. The Morgan fingerprint density at radius 3 is 2.73 bits per heavy atom. The average Bonchev–Trinajstić information content (AvgIpc) is 3.25. The second kappa shape index (κ2) is 9.88. The molecule has 0 amide bonds. The first-order valence-corrected chi connectivity index (χ1v) is 10.8. The van der Waals surface area contributed by atoms with E-state index in [2.05, 4.69) is 20.5 Å². The van der Waals surface area contributed by atoms with Gasteiger partial charge in [-0.25, -0.2) is 9.98 Å². The van der Waals surface area contributed by atoms with Crippen molar-refractivity contribution in [3.05, 3.63) is 87.4 Å². The van der Waals surface area contributed by atoms with Crippen LogP contribution in [0.4, 0.5) is 11.4 Å². The Balaban J connectivity index is 1.66. The first-order chi connectivity index (χ1) is 16.0. The minimum absolute atomic E-state index is 0.129. The quantitative estimate of drug-likeness (QED) is 0.173. The van der Waals surface area contributed by atoms with Crippen LogP contribution in [0.25, 0.3) is 10.2 Å². The summed E-state index contributed by atoms with van der Waals surface area (Å²) in [5, 5.41) is 25.8. The van der Waals surface area contributed by atoms with E-state index in [1.807, 2.05) is 55.5 Å². The normalized spacial score (nSPS) is 11.7. The molecule has 0 aliphatic rings. The maximum Gasteiger partial charge on any atom is 0.270 e. The molecule has 4 aromatic rings. The molecule has 0 aliphatic heterocycles. The van der Waals surface area contributed by atoms with Crippen LogP contribution in [-0.4, -0.2) is 33.7 Å². The molecule has 0 atom stereocenters. The third-order valence-electron chi connectivity index (χ3n) is 4.48. The van der Waals surface area contributed by atoms with E-state index in [1.54, 1.807) is 0 Å². The highest BCUT2D eigenvalue weighted by atomic mass is 32.1. The lowest BCUT2D eigenvalue weighted by molar-refractivity contribution is -0.384. The van der Waals surface area contributed by atoms with Crippen molar-refractivity contribution in [2.45, 2.75) is 6.92 Å². The number of aromatic hydroxyl groups is 1. The van der Waals surface area contributed by atoms with Gasteiger partial charge >= 0.3 is 0 Å². The minimum atomic E-state index is -0.538. The maximum atomic E-state index is 11.0. The number of hydrogen-bond donors (Lipinski definition) is 2. The van der Waals surface area contributed by atoms with Crippen molar-refractivity contribution in [3.63, 3.8) is 0 Å². The van der Waals surface area contributed by atoms with Crippen molar-refractivity contribution in [3.8, 4) is 11.5 Å². The fraction of sp³-hybridized carbons (Fsp3) is 0.0870. The van der Waals surface area contributed by atoms with Gasteiger partial charge in [-0.2, -0.15) is 5.10 Å². The lowest BCUT2D eigenvalue weighted by atomic mass is 10.2. The Hall–Kier alpha value is -4.31. The van der Waals surface area contributed by atoms with Crippen LogP contribution in [0.3, 0.4) is 0 Å². The molecule has 0 saturated carbocycles. The van der Waals surface area contributed by atoms with Crippen LogP contribution in [0.15, 0.2) is 76.8 Å². The highest BCUT2D eigenvalue weighted by Crippen LogP contribution is 2.25. The lowest BCUT2D eigenvalue weighted by Crippen LogP contribution is -2.18. The van der Waals surface area contributed by atoms with Gasteiger partial charge in [0, 0.05) is 17.7 Å². The summed E-state index contributed by atoms with van der Waals surface area (Å²) in [5.74, 6) is 1.00. The van der Waals surface area contributed by atoms with Crippen molar-refractivity contribution < 1.29 is 14.8 Å². The zero-order valence-electron chi connectivity index (χ0n) is 17.5. The van der Waals surface area contributed by atoms with Crippen LogP contribution >= 0.6 is 11.3 Å². The number of amidine groups is 1. The van der Waals surface area contributed by atoms with E-state index in [4.69, 9.17) is 4.74 Å². The number of ether oxygens (including phenoxy) is 1. The first kappa shape index (κ1) is 21.9. The molecular formula is C23H19N5O4S. The van der Waals surface area contributed by atoms with E-state index < -0.39 is 4.92 Å². The molecule has 4 rings (SSSR count). The third-order valence-corrected chi connectivity index (χ3v) is 5.52. The van der Waals surface area contributed by atoms with Gasteiger partial charge in [0.2, 0.25) is 0 Å². The Labute approximate surface area is 192 Å². The molecule has 0 spiro atoms. The van der Waals surface area contributed by atoms with Crippen molar-refractivity contribution in [2.24, 2.45) is 10.1 Å². The summed E-state index contributed by atoms with van der Waals surface area (Å²) in [4.78, 5) is 19.7. The number of nitrogens with zero attached hydrogens (tertiary/aromatic N) is 4. The molecule has 0 aliphatic carbocycles. The second-order valence-electron chi connectivity index (χ2n) is 6.74. The SMILES string of the molecule is CCOc1ccc(N=C(NN=Cc2cc([N+](=O)[O-])ccc2O)c2nc3ccccc3s2)cc1. The van der Waals surface area contributed by atoms with Crippen molar-refractivity contribution in [1.82, 2.24) is 10.4 Å². The molecule has 0 radical (unpaired) electrons. The predicted molar refractivity (Wildman–Crippen MR) is 129 cm³/mol. The van der Waals surface area contributed by atoms with E-state index >= 15 is 0 Å². The van der Waals surface area contributed by atoms with E-state index in [1.165, 1.54) is 35.8 Å². The number of rotatable bonds is 7. The molecule has 0 bridgehead atoms. The molecule has 0 unspecified atom stereocenters. The zero-order valence-corrected chi connectivity index (χ0v) is 18.3.